The van der Waals surface area contributed by atoms with E-state index < -0.39 is 6.04 Å². The molecule has 0 spiro atoms. The first kappa shape index (κ1) is 11.7. The fourth-order valence-corrected chi connectivity index (χ4v) is 2.45. The van der Waals surface area contributed by atoms with Crippen LogP contribution in [0.5, 0.6) is 0 Å². The maximum atomic E-state index is 5.99. The molecule has 0 aliphatic heterocycles. The van der Waals surface area contributed by atoms with Crippen molar-refractivity contribution >= 4 is 31.9 Å². The van der Waals surface area contributed by atoms with Crippen molar-refractivity contribution in [3.05, 3.63) is 38.6 Å². The van der Waals surface area contributed by atoms with Crippen LogP contribution in [0.4, 0.5) is 0 Å². The highest BCUT2D eigenvalue weighted by molar-refractivity contribution is 9.11. The van der Waals surface area contributed by atoms with E-state index in [1.807, 2.05) is 6.07 Å². The molecule has 0 aliphatic rings. The van der Waals surface area contributed by atoms with Crippen LogP contribution in [-0.2, 0) is 0 Å². The number of pyridine rings is 1. The van der Waals surface area contributed by atoms with Gasteiger partial charge in [0.1, 0.15) is 6.04 Å². The molecule has 0 fully saturated rings. The summed E-state index contributed by atoms with van der Waals surface area (Å²) < 4.78 is 6.55. The van der Waals surface area contributed by atoms with Gasteiger partial charge in [-0.2, -0.15) is 4.98 Å². The summed E-state index contributed by atoms with van der Waals surface area (Å²) in [7, 11) is 0. The molecule has 0 amide bonds. The molecule has 84 valence electrons. The van der Waals surface area contributed by atoms with E-state index in [0.717, 1.165) is 8.95 Å². The highest BCUT2D eigenvalue weighted by Crippen LogP contribution is 2.25. The molecule has 0 aromatic carbocycles. The van der Waals surface area contributed by atoms with Crippen LogP contribution in [0.3, 0.4) is 0 Å². The van der Waals surface area contributed by atoms with Crippen molar-refractivity contribution in [1.29, 1.82) is 0 Å². The molecule has 2 heterocycles. The molecule has 2 rings (SSSR count). The lowest BCUT2D eigenvalue weighted by molar-refractivity contribution is 0.385. The standard InChI is InChI=1S/C9H8Br2N4O/c1-4-14-9(15-16-4)7(12)8-6(11)2-5(10)3-13-8/h2-3,7H,12H2,1H3. The van der Waals surface area contributed by atoms with Gasteiger partial charge in [-0.25, -0.2) is 0 Å². The summed E-state index contributed by atoms with van der Waals surface area (Å²) >= 11 is 6.72. The fraction of sp³-hybridized carbons (Fsp3) is 0.222. The summed E-state index contributed by atoms with van der Waals surface area (Å²) in [6.45, 7) is 1.72. The van der Waals surface area contributed by atoms with Gasteiger partial charge in [0.25, 0.3) is 0 Å². The Morgan fingerprint density at radius 2 is 2.19 bits per heavy atom. The molecular weight excluding hydrogens is 340 g/mol. The average Bonchev–Trinajstić information content (AvgIpc) is 2.64. The molecule has 7 heteroatoms. The zero-order valence-corrected chi connectivity index (χ0v) is 11.5. The van der Waals surface area contributed by atoms with Crippen molar-refractivity contribution in [2.45, 2.75) is 13.0 Å². The minimum absolute atomic E-state index is 0.424. The molecular formula is C9H8Br2N4O. The number of hydrogen-bond acceptors (Lipinski definition) is 5. The number of hydrogen-bond donors (Lipinski definition) is 1. The third-order valence-electron chi connectivity index (χ3n) is 1.95. The van der Waals surface area contributed by atoms with Crippen molar-refractivity contribution < 1.29 is 4.52 Å². The van der Waals surface area contributed by atoms with Gasteiger partial charge in [0.05, 0.1) is 5.69 Å². The summed E-state index contributed by atoms with van der Waals surface area (Å²) in [5.41, 5.74) is 6.66. The minimum Gasteiger partial charge on any atom is -0.340 e. The molecule has 0 saturated carbocycles. The molecule has 2 N–H and O–H groups in total. The first-order chi connectivity index (χ1) is 7.58. The molecule has 0 bridgehead atoms. The van der Waals surface area contributed by atoms with Crippen LogP contribution in [0, 0.1) is 6.92 Å². The summed E-state index contributed by atoms with van der Waals surface area (Å²) in [4.78, 5) is 8.30. The molecule has 0 aliphatic carbocycles. The van der Waals surface area contributed by atoms with Crippen LogP contribution in [0.25, 0.3) is 0 Å². The van der Waals surface area contributed by atoms with E-state index in [-0.39, 0.29) is 0 Å². The largest absolute Gasteiger partial charge is 0.340 e. The van der Waals surface area contributed by atoms with Gasteiger partial charge >= 0.3 is 0 Å². The number of nitrogens with zero attached hydrogens (tertiary/aromatic N) is 3. The van der Waals surface area contributed by atoms with Crippen molar-refractivity contribution in [2.24, 2.45) is 5.73 Å². The molecule has 2 aromatic rings. The van der Waals surface area contributed by atoms with E-state index in [4.69, 9.17) is 10.3 Å². The second kappa shape index (κ2) is 4.60. The van der Waals surface area contributed by atoms with Crippen molar-refractivity contribution in [1.82, 2.24) is 15.1 Å². The lowest BCUT2D eigenvalue weighted by atomic mass is 10.2. The Kier molecular flexibility index (Phi) is 3.36. The molecule has 5 nitrogen and oxygen atoms in total. The third kappa shape index (κ3) is 2.31. The van der Waals surface area contributed by atoms with Crippen molar-refractivity contribution in [3.63, 3.8) is 0 Å². The zero-order valence-electron chi connectivity index (χ0n) is 8.32. The van der Waals surface area contributed by atoms with E-state index >= 15 is 0 Å². The Labute approximate surface area is 109 Å². The summed E-state index contributed by atoms with van der Waals surface area (Å²) in [6, 6.07) is 1.37. The predicted octanol–water partition coefficient (Wildman–Crippen LogP) is 2.35. The normalized spacial score (nSPS) is 12.8. The van der Waals surface area contributed by atoms with Gasteiger partial charge in [-0.3, -0.25) is 4.98 Å². The van der Waals surface area contributed by atoms with E-state index in [0.29, 0.717) is 17.4 Å². The first-order valence-corrected chi connectivity index (χ1v) is 6.03. The Morgan fingerprint density at radius 1 is 1.44 bits per heavy atom. The topological polar surface area (TPSA) is 77.8 Å². The minimum atomic E-state index is -0.500. The summed E-state index contributed by atoms with van der Waals surface area (Å²) in [5, 5.41) is 3.77. The SMILES string of the molecule is Cc1nc(C(N)c2ncc(Br)cc2Br)no1. The van der Waals surface area contributed by atoms with Crippen molar-refractivity contribution in [2.75, 3.05) is 0 Å². The van der Waals surface area contributed by atoms with Crippen molar-refractivity contribution in [3.8, 4) is 0 Å². The molecule has 2 aromatic heterocycles. The second-order valence-corrected chi connectivity index (χ2v) is 4.94. The summed E-state index contributed by atoms with van der Waals surface area (Å²) in [6.07, 6.45) is 1.67. The van der Waals surface area contributed by atoms with Gasteiger partial charge in [0.2, 0.25) is 5.89 Å². The van der Waals surface area contributed by atoms with Crippen LogP contribution in [0.2, 0.25) is 0 Å². The molecule has 0 saturated heterocycles. The van der Waals surface area contributed by atoms with Crippen LogP contribution < -0.4 is 5.73 Å². The highest BCUT2D eigenvalue weighted by Gasteiger charge is 2.19. The summed E-state index contributed by atoms with van der Waals surface area (Å²) in [5.74, 6) is 0.909. The van der Waals surface area contributed by atoms with E-state index in [9.17, 15) is 0 Å². The van der Waals surface area contributed by atoms with Crippen LogP contribution >= 0.6 is 31.9 Å². The molecule has 16 heavy (non-hydrogen) atoms. The van der Waals surface area contributed by atoms with Crippen LogP contribution in [-0.4, -0.2) is 15.1 Å². The van der Waals surface area contributed by atoms with Gasteiger partial charge in [-0.05, 0) is 37.9 Å². The van der Waals surface area contributed by atoms with E-state index in [1.165, 1.54) is 0 Å². The second-order valence-electron chi connectivity index (χ2n) is 3.17. The quantitative estimate of drug-likeness (QED) is 0.902. The number of aromatic nitrogens is 3. The maximum absolute atomic E-state index is 5.99. The predicted molar refractivity (Wildman–Crippen MR) is 64.7 cm³/mol. The molecule has 1 unspecified atom stereocenters. The van der Waals surface area contributed by atoms with Gasteiger partial charge in [0, 0.05) is 22.1 Å². The Morgan fingerprint density at radius 3 is 2.75 bits per heavy atom. The molecule has 1 atom stereocenters. The first-order valence-electron chi connectivity index (χ1n) is 4.44. The Hall–Kier alpha value is -0.790. The van der Waals surface area contributed by atoms with Crippen LogP contribution in [0.15, 0.2) is 25.7 Å². The van der Waals surface area contributed by atoms with Gasteiger partial charge in [0.15, 0.2) is 5.82 Å². The average molecular weight is 348 g/mol. The number of rotatable bonds is 2. The third-order valence-corrected chi connectivity index (χ3v) is 3.02. The maximum Gasteiger partial charge on any atom is 0.223 e. The monoisotopic (exact) mass is 346 g/mol. The van der Waals surface area contributed by atoms with E-state index in [1.54, 1.807) is 13.1 Å². The highest BCUT2D eigenvalue weighted by atomic mass is 79.9. The lowest BCUT2D eigenvalue weighted by Crippen LogP contribution is -2.15. The van der Waals surface area contributed by atoms with E-state index in [2.05, 4.69) is 47.0 Å². The number of halogens is 2. The Bertz CT molecular complexity index is 514. The Balaban J connectivity index is 2.37. The lowest BCUT2D eigenvalue weighted by Gasteiger charge is -2.08. The van der Waals surface area contributed by atoms with Gasteiger partial charge < -0.3 is 10.3 Å². The van der Waals surface area contributed by atoms with Gasteiger partial charge in [-0.1, -0.05) is 5.16 Å². The smallest absolute Gasteiger partial charge is 0.223 e. The fourth-order valence-electron chi connectivity index (χ4n) is 1.22. The molecule has 0 radical (unpaired) electrons. The number of nitrogens with two attached hydrogens (primary N) is 1. The number of aryl methyl sites for hydroxylation is 1. The van der Waals surface area contributed by atoms with Crippen LogP contribution in [0.1, 0.15) is 23.5 Å². The zero-order chi connectivity index (χ0) is 11.7. The van der Waals surface area contributed by atoms with Gasteiger partial charge in [-0.15, -0.1) is 0 Å².